The lowest BCUT2D eigenvalue weighted by Crippen LogP contribution is -2.11. The van der Waals surface area contributed by atoms with Crippen LogP contribution < -0.4 is 11.5 Å². The lowest BCUT2D eigenvalue weighted by atomic mass is 9.98. The molecule has 1 atom stereocenters. The lowest BCUT2D eigenvalue weighted by molar-refractivity contribution is -0.137. The number of aliphatic hydroxyl groups is 1. The molecule has 2 aromatic rings. The molecular weight excluding hydrogens is 307 g/mol. The molecule has 8 heteroatoms. The standard InChI is InChI=1S/C13H11ClF3N3O/c14-7-4-9(12(19)20-5-7)11(21)8-3-6(13(15,16)17)1-2-10(8)18/h1-5,11,21H,18H2,(H2,19,20). The topological polar surface area (TPSA) is 85.2 Å². The number of pyridine rings is 1. The van der Waals surface area contributed by atoms with Gasteiger partial charge >= 0.3 is 6.18 Å². The number of hydrogen-bond donors (Lipinski definition) is 3. The van der Waals surface area contributed by atoms with E-state index in [-0.39, 0.29) is 27.7 Å². The Morgan fingerprint density at radius 3 is 2.43 bits per heavy atom. The number of nitrogens with two attached hydrogens (primary N) is 2. The highest BCUT2D eigenvalue weighted by Gasteiger charge is 2.32. The number of rotatable bonds is 2. The Morgan fingerprint density at radius 2 is 1.81 bits per heavy atom. The van der Waals surface area contributed by atoms with Crippen LogP contribution in [0.5, 0.6) is 0 Å². The Labute approximate surface area is 123 Å². The van der Waals surface area contributed by atoms with E-state index in [4.69, 9.17) is 23.1 Å². The van der Waals surface area contributed by atoms with Crippen LogP contribution in [0.4, 0.5) is 24.7 Å². The van der Waals surface area contributed by atoms with E-state index in [9.17, 15) is 18.3 Å². The van der Waals surface area contributed by atoms with Gasteiger partial charge in [0.05, 0.1) is 10.6 Å². The van der Waals surface area contributed by atoms with Crippen molar-refractivity contribution < 1.29 is 18.3 Å². The van der Waals surface area contributed by atoms with Crippen molar-refractivity contribution in [2.24, 2.45) is 0 Å². The second-order valence-corrected chi connectivity index (χ2v) is 4.81. The molecule has 0 aliphatic heterocycles. The monoisotopic (exact) mass is 317 g/mol. The zero-order valence-corrected chi connectivity index (χ0v) is 11.3. The van der Waals surface area contributed by atoms with E-state index in [0.717, 1.165) is 18.2 Å². The molecule has 0 spiro atoms. The molecule has 2 rings (SSSR count). The molecule has 0 saturated heterocycles. The van der Waals surface area contributed by atoms with Crippen LogP contribution in [0.2, 0.25) is 5.02 Å². The van der Waals surface area contributed by atoms with E-state index in [0.29, 0.717) is 0 Å². The fraction of sp³-hybridized carbons (Fsp3) is 0.154. The second-order valence-electron chi connectivity index (χ2n) is 4.37. The molecule has 0 aliphatic rings. The van der Waals surface area contributed by atoms with Crippen molar-refractivity contribution in [3.63, 3.8) is 0 Å². The number of nitrogen functional groups attached to an aromatic ring is 2. The average Bonchev–Trinajstić information content (AvgIpc) is 2.40. The number of anilines is 2. The summed E-state index contributed by atoms with van der Waals surface area (Å²) in [6, 6.07) is 4.02. The minimum atomic E-state index is -4.54. The molecule has 0 aliphatic carbocycles. The van der Waals surface area contributed by atoms with Gasteiger partial charge in [-0.3, -0.25) is 0 Å². The quantitative estimate of drug-likeness (QED) is 0.743. The Balaban J connectivity index is 2.52. The maximum atomic E-state index is 12.7. The molecule has 112 valence electrons. The van der Waals surface area contributed by atoms with Gasteiger partial charge < -0.3 is 16.6 Å². The lowest BCUT2D eigenvalue weighted by Gasteiger charge is -2.17. The maximum absolute atomic E-state index is 12.7. The molecule has 4 nitrogen and oxygen atoms in total. The number of benzene rings is 1. The van der Waals surface area contributed by atoms with Crippen LogP contribution in [-0.4, -0.2) is 10.1 Å². The molecular formula is C13H11ClF3N3O. The first-order valence-corrected chi connectivity index (χ1v) is 6.13. The summed E-state index contributed by atoms with van der Waals surface area (Å²) >= 11 is 5.75. The Hall–Kier alpha value is -1.99. The summed E-state index contributed by atoms with van der Waals surface area (Å²) in [5.74, 6) is -0.0382. The molecule has 0 bridgehead atoms. The van der Waals surface area contributed by atoms with Crippen molar-refractivity contribution in [3.8, 4) is 0 Å². The van der Waals surface area contributed by atoms with Crippen molar-refractivity contribution in [3.05, 3.63) is 52.2 Å². The van der Waals surface area contributed by atoms with Gasteiger partial charge in [0.1, 0.15) is 11.9 Å². The van der Waals surface area contributed by atoms with E-state index in [1.807, 2.05) is 0 Å². The van der Waals surface area contributed by atoms with Gasteiger partial charge in [0.2, 0.25) is 0 Å². The van der Waals surface area contributed by atoms with E-state index in [1.165, 1.54) is 12.3 Å². The van der Waals surface area contributed by atoms with Crippen LogP contribution in [0.25, 0.3) is 0 Å². The smallest absolute Gasteiger partial charge is 0.398 e. The molecule has 0 amide bonds. The highest BCUT2D eigenvalue weighted by atomic mass is 35.5. The fourth-order valence-corrected chi connectivity index (χ4v) is 2.01. The van der Waals surface area contributed by atoms with Crippen LogP contribution in [0.1, 0.15) is 22.8 Å². The average molecular weight is 318 g/mol. The third-order valence-electron chi connectivity index (χ3n) is 2.92. The van der Waals surface area contributed by atoms with Crippen molar-refractivity contribution in [2.75, 3.05) is 11.5 Å². The van der Waals surface area contributed by atoms with E-state index < -0.39 is 17.8 Å². The van der Waals surface area contributed by atoms with Gasteiger partial charge in [0, 0.05) is 23.0 Å². The summed E-state index contributed by atoms with van der Waals surface area (Å²) in [5, 5.41) is 10.4. The van der Waals surface area contributed by atoms with Gasteiger partial charge in [0.25, 0.3) is 0 Å². The second kappa shape index (κ2) is 5.42. The molecule has 5 N–H and O–H groups in total. The summed E-state index contributed by atoms with van der Waals surface area (Å²) in [7, 11) is 0. The molecule has 1 aromatic heterocycles. The van der Waals surface area contributed by atoms with Crippen molar-refractivity contribution >= 4 is 23.1 Å². The van der Waals surface area contributed by atoms with E-state index >= 15 is 0 Å². The predicted octanol–water partition coefficient (Wildman–Crippen LogP) is 3.00. The van der Waals surface area contributed by atoms with Gasteiger partial charge in [-0.05, 0) is 24.3 Å². The zero-order chi connectivity index (χ0) is 15.8. The van der Waals surface area contributed by atoms with E-state index in [2.05, 4.69) is 4.98 Å². The van der Waals surface area contributed by atoms with Gasteiger partial charge in [-0.2, -0.15) is 13.2 Å². The maximum Gasteiger partial charge on any atom is 0.416 e. The van der Waals surface area contributed by atoms with Crippen molar-refractivity contribution in [2.45, 2.75) is 12.3 Å². The normalized spacial score (nSPS) is 13.2. The number of aromatic nitrogens is 1. The number of aliphatic hydroxyl groups excluding tert-OH is 1. The van der Waals surface area contributed by atoms with Crippen LogP contribution in [0, 0.1) is 0 Å². The Kier molecular flexibility index (Phi) is 3.97. The number of hydrogen-bond acceptors (Lipinski definition) is 4. The summed E-state index contributed by atoms with van der Waals surface area (Å²) in [6.45, 7) is 0. The fourth-order valence-electron chi connectivity index (χ4n) is 1.84. The van der Waals surface area contributed by atoms with Crippen molar-refractivity contribution in [1.82, 2.24) is 4.98 Å². The summed E-state index contributed by atoms with van der Waals surface area (Å²) in [4.78, 5) is 3.75. The first-order valence-electron chi connectivity index (χ1n) is 5.75. The molecule has 1 unspecified atom stereocenters. The number of halogens is 4. The SMILES string of the molecule is Nc1ccc(C(F)(F)F)cc1C(O)c1cc(Cl)cnc1N. The van der Waals surface area contributed by atoms with E-state index in [1.54, 1.807) is 0 Å². The summed E-state index contributed by atoms with van der Waals surface area (Å²) in [5.41, 5.74) is 10.3. The molecule has 0 saturated carbocycles. The minimum Gasteiger partial charge on any atom is -0.398 e. The van der Waals surface area contributed by atoms with Crippen LogP contribution in [-0.2, 0) is 6.18 Å². The van der Waals surface area contributed by atoms with Gasteiger partial charge in [-0.25, -0.2) is 4.98 Å². The van der Waals surface area contributed by atoms with Gasteiger partial charge in [-0.1, -0.05) is 11.6 Å². The highest BCUT2D eigenvalue weighted by Crippen LogP contribution is 2.36. The molecule has 1 heterocycles. The number of nitrogens with zero attached hydrogens (tertiary/aromatic N) is 1. The zero-order valence-electron chi connectivity index (χ0n) is 10.5. The number of alkyl halides is 3. The summed E-state index contributed by atoms with van der Waals surface area (Å²) in [6.07, 6.45) is -4.73. The first kappa shape index (κ1) is 15.4. The molecule has 0 radical (unpaired) electrons. The Bertz CT molecular complexity index is 676. The highest BCUT2D eigenvalue weighted by molar-refractivity contribution is 6.30. The summed E-state index contributed by atoms with van der Waals surface area (Å²) < 4.78 is 38.2. The van der Waals surface area contributed by atoms with Gasteiger partial charge in [-0.15, -0.1) is 0 Å². The third kappa shape index (κ3) is 3.20. The van der Waals surface area contributed by atoms with Crippen molar-refractivity contribution in [1.29, 1.82) is 0 Å². The third-order valence-corrected chi connectivity index (χ3v) is 3.13. The minimum absolute atomic E-state index is 0.00914. The van der Waals surface area contributed by atoms with Crippen LogP contribution in [0.3, 0.4) is 0 Å². The van der Waals surface area contributed by atoms with Crippen LogP contribution in [0.15, 0.2) is 30.5 Å². The Morgan fingerprint density at radius 1 is 1.14 bits per heavy atom. The predicted molar refractivity (Wildman–Crippen MR) is 73.6 cm³/mol. The van der Waals surface area contributed by atoms with Crippen LogP contribution >= 0.6 is 11.6 Å². The van der Waals surface area contributed by atoms with Gasteiger partial charge in [0.15, 0.2) is 0 Å². The molecule has 21 heavy (non-hydrogen) atoms. The molecule has 0 fully saturated rings. The molecule has 1 aromatic carbocycles. The first-order chi connectivity index (χ1) is 9.70. The largest absolute Gasteiger partial charge is 0.416 e.